The molecule has 4 rings (SSSR count). The zero-order valence-electron chi connectivity index (χ0n) is 19.5. The molecule has 0 spiro atoms. The van der Waals surface area contributed by atoms with Gasteiger partial charge in [-0.15, -0.1) is 11.8 Å². The van der Waals surface area contributed by atoms with Crippen molar-refractivity contribution in [1.82, 2.24) is 4.98 Å². The van der Waals surface area contributed by atoms with Gasteiger partial charge >= 0.3 is 0 Å². The summed E-state index contributed by atoms with van der Waals surface area (Å²) < 4.78 is 25.7. The molecular weight excluding hydrogens is 488 g/mol. The van der Waals surface area contributed by atoms with Crippen LogP contribution in [0.25, 0.3) is 11.1 Å². The summed E-state index contributed by atoms with van der Waals surface area (Å²) >= 11 is 1.32. The molecule has 0 aliphatic heterocycles. The number of rotatable bonds is 7. The van der Waals surface area contributed by atoms with Crippen LogP contribution in [0.2, 0.25) is 0 Å². The molecular formula is C28H22N4O2S2. The summed E-state index contributed by atoms with van der Waals surface area (Å²) in [5.74, 6) is 0.397. The van der Waals surface area contributed by atoms with Crippen molar-refractivity contribution in [1.29, 1.82) is 10.5 Å². The van der Waals surface area contributed by atoms with Crippen LogP contribution in [0.5, 0.6) is 0 Å². The Morgan fingerprint density at radius 3 is 2.22 bits per heavy atom. The molecule has 1 heterocycles. The van der Waals surface area contributed by atoms with Crippen molar-refractivity contribution in [3.63, 3.8) is 0 Å². The first-order valence-corrected chi connectivity index (χ1v) is 13.7. The van der Waals surface area contributed by atoms with Gasteiger partial charge in [0.25, 0.3) is 0 Å². The maximum Gasteiger partial charge on any atom is 0.182 e. The Labute approximate surface area is 215 Å². The number of nitriles is 2. The molecule has 0 saturated heterocycles. The zero-order chi connectivity index (χ0) is 25.7. The van der Waals surface area contributed by atoms with E-state index in [1.54, 1.807) is 30.3 Å². The number of benzene rings is 3. The van der Waals surface area contributed by atoms with Gasteiger partial charge in [-0.1, -0.05) is 72.3 Å². The summed E-state index contributed by atoms with van der Waals surface area (Å²) in [6, 6.07) is 27.6. The molecule has 36 heavy (non-hydrogen) atoms. The van der Waals surface area contributed by atoms with Gasteiger partial charge in [0.1, 0.15) is 28.5 Å². The lowest BCUT2D eigenvalue weighted by atomic mass is 9.97. The Bertz CT molecular complexity index is 1600. The number of aromatic nitrogens is 1. The van der Waals surface area contributed by atoms with E-state index in [-0.39, 0.29) is 27.6 Å². The van der Waals surface area contributed by atoms with E-state index >= 15 is 0 Å². The fraction of sp³-hybridized carbons (Fsp3) is 0.107. The first-order valence-electron chi connectivity index (χ1n) is 11.0. The lowest BCUT2D eigenvalue weighted by molar-refractivity contribution is 0.595. The zero-order valence-corrected chi connectivity index (χ0v) is 21.1. The Morgan fingerprint density at radius 2 is 1.56 bits per heavy atom. The number of nitrogens with two attached hydrogens (primary N) is 1. The van der Waals surface area contributed by atoms with Gasteiger partial charge in [0.2, 0.25) is 0 Å². The Morgan fingerprint density at radius 1 is 0.889 bits per heavy atom. The van der Waals surface area contributed by atoms with Gasteiger partial charge < -0.3 is 5.73 Å². The molecule has 178 valence electrons. The number of hydrogen-bond acceptors (Lipinski definition) is 7. The number of nitrogen functional groups attached to an aromatic ring is 1. The van der Waals surface area contributed by atoms with Gasteiger partial charge in [-0.05, 0) is 35.7 Å². The minimum Gasteiger partial charge on any atom is -0.383 e. The fourth-order valence-corrected chi connectivity index (χ4v) is 6.08. The highest BCUT2D eigenvalue weighted by atomic mass is 32.2. The molecule has 2 N–H and O–H groups in total. The summed E-state index contributed by atoms with van der Waals surface area (Å²) in [6.45, 7) is 1.91. The smallest absolute Gasteiger partial charge is 0.182 e. The highest BCUT2D eigenvalue weighted by Gasteiger charge is 2.21. The first-order chi connectivity index (χ1) is 17.3. The lowest BCUT2D eigenvalue weighted by Crippen LogP contribution is -2.05. The maximum absolute atomic E-state index is 12.9. The SMILES string of the molecule is Cc1ccc(S(=O)(=O)Cc2cccc(CSc3nc(N)c(C#N)c(-c4ccccc4)c3C#N)c2)cc1. The second kappa shape index (κ2) is 10.7. The number of nitrogens with zero attached hydrogens (tertiary/aromatic N) is 3. The van der Waals surface area contributed by atoms with Crippen LogP contribution in [-0.4, -0.2) is 13.4 Å². The maximum atomic E-state index is 12.9. The van der Waals surface area contributed by atoms with Crippen molar-refractivity contribution in [2.24, 2.45) is 0 Å². The standard InChI is InChI=1S/C28H22N4O2S2/c1-19-10-12-23(13-11-19)36(33,34)18-21-7-5-6-20(14-21)17-35-28-25(16-30)26(22-8-3-2-4-9-22)24(15-29)27(31)32-28/h2-14H,17-18H2,1H3,(H2,31,32). The monoisotopic (exact) mass is 510 g/mol. The van der Waals surface area contributed by atoms with Gasteiger partial charge in [-0.25, -0.2) is 13.4 Å². The third kappa shape index (κ3) is 5.41. The largest absolute Gasteiger partial charge is 0.383 e. The fourth-order valence-electron chi connectivity index (χ4n) is 3.81. The quantitative estimate of drug-likeness (QED) is 0.319. The van der Waals surface area contributed by atoms with E-state index in [0.717, 1.165) is 11.1 Å². The lowest BCUT2D eigenvalue weighted by Gasteiger charge is -2.13. The van der Waals surface area contributed by atoms with Gasteiger partial charge in [-0.2, -0.15) is 10.5 Å². The van der Waals surface area contributed by atoms with Gasteiger partial charge in [0.05, 0.1) is 16.2 Å². The number of anilines is 1. The number of pyridine rings is 1. The number of thioether (sulfide) groups is 1. The van der Waals surface area contributed by atoms with E-state index < -0.39 is 9.84 Å². The molecule has 0 amide bonds. The molecule has 0 aliphatic rings. The van der Waals surface area contributed by atoms with Crippen LogP contribution in [0.1, 0.15) is 27.8 Å². The molecule has 0 fully saturated rings. The normalized spacial score (nSPS) is 11.0. The number of hydrogen-bond donors (Lipinski definition) is 1. The molecule has 0 atom stereocenters. The topological polar surface area (TPSA) is 121 Å². The van der Waals surface area contributed by atoms with E-state index in [1.165, 1.54) is 11.8 Å². The molecule has 6 nitrogen and oxygen atoms in total. The Kier molecular flexibility index (Phi) is 7.40. The average molecular weight is 511 g/mol. The number of aryl methyl sites for hydroxylation is 1. The van der Waals surface area contributed by atoms with Crippen LogP contribution >= 0.6 is 11.8 Å². The van der Waals surface area contributed by atoms with Crippen LogP contribution in [-0.2, 0) is 21.3 Å². The Hall–Kier alpha value is -4.11. The van der Waals surface area contributed by atoms with Crippen LogP contribution < -0.4 is 5.73 Å². The summed E-state index contributed by atoms with van der Waals surface area (Å²) in [7, 11) is -3.48. The predicted molar refractivity (Wildman–Crippen MR) is 142 cm³/mol. The van der Waals surface area contributed by atoms with E-state index in [1.807, 2.05) is 55.5 Å². The third-order valence-corrected chi connectivity index (χ3v) is 8.33. The minimum atomic E-state index is -3.48. The molecule has 3 aromatic carbocycles. The molecule has 0 saturated carbocycles. The van der Waals surface area contributed by atoms with Crippen molar-refractivity contribution in [3.05, 3.63) is 107 Å². The van der Waals surface area contributed by atoms with Gasteiger partial charge in [0, 0.05) is 11.3 Å². The molecule has 8 heteroatoms. The molecule has 0 aliphatic carbocycles. The van der Waals surface area contributed by atoms with E-state index in [4.69, 9.17) is 5.73 Å². The van der Waals surface area contributed by atoms with Crippen molar-refractivity contribution in [2.45, 2.75) is 28.4 Å². The second-order valence-electron chi connectivity index (χ2n) is 8.20. The minimum absolute atomic E-state index is 0.0656. The summed E-state index contributed by atoms with van der Waals surface area (Å²) in [5, 5.41) is 20.0. The van der Waals surface area contributed by atoms with Crippen molar-refractivity contribution >= 4 is 27.4 Å². The molecule has 4 aromatic rings. The van der Waals surface area contributed by atoms with Crippen LogP contribution in [0.3, 0.4) is 0 Å². The summed E-state index contributed by atoms with van der Waals surface area (Å²) in [4.78, 5) is 4.63. The van der Waals surface area contributed by atoms with Crippen molar-refractivity contribution in [3.8, 4) is 23.3 Å². The van der Waals surface area contributed by atoms with E-state index in [0.29, 0.717) is 27.5 Å². The third-order valence-electron chi connectivity index (χ3n) is 5.58. The molecule has 1 aromatic heterocycles. The summed E-state index contributed by atoms with van der Waals surface area (Å²) in [5.41, 5.74) is 10.3. The van der Waals surface area contributed by atoms with Crippen LogP contribution in [0.4, 0.5) is 5.82 Å². The van der Waals surface area contributed by atoms with Gasteiger partial charge in [-0.3, -0.25) is 0 Å². The number of sulfone groups is 1. The van der Waals surface area contributed by atoms with E-state index in [9.17, 15) is 18.9 Å². The van der Waals surface area contributed by atoms with E-state index in [2.05, 4.69) is 17.1 Å². The first kappa shape index (κ1) is 25.0. The highest BCUT2D eigenvalue weighted by Crippen LogP contribution is 2.36. The van der Waals surface area contributed by atoms with Gasteiger partial charge in [0.15, 0.2) is 9.84 Å². The van der Waals surface area contributed by atoms with Crippen LogP contribution in [0.15, 0.2) is 88.8 Å². The van der Waals surface area contributed by atoms with Crippen molar-refractivity contribution in [2.75, 3.05) is 5.73 Å². The Balaban J connectivity index is 1.61. The molecule has 0 radical (unpaired) electrons. The van der Waals surface area contributed by atoms with Crippen LogP contribution in [0, 0.1) is 29.6 Å². The molecule has 0 bridgehead atoms. The molecule has 0 unspecified atom stereocenters. The second-order valence-corrected chi connectivity index (χ2v) is 11.2. The predicted octanol–water partition coefficient (Wildman–Crippen LogP) is 5.65. The average Bonchev–Trinajstić information content (AvgIpc) is 2.87. The van der Waals surface area contributed by atoms with Crippen molar-refractivity contribution < 1.29 is 8.42 Å². The summed E-state index contributed by atoms with van der Waals surface area (Å²) in [6.07, 6.45) is 0. The highest BCUT2D eigenvalue weighted by molar-refractivity contribution is 7.98.